The number of aryl methyl sites for hydroxylation is 3. The van der Waals surface area contributed by atoms with Gasteiger partial charge in [0, 0.05) is 6.54 Å². The molecule has 0 amide bonds. The number of rotatable bonds is 12. The molecule has 0 fully saturated rings. The average molecular weight is 446 g/mol. The largest absolute Gasteiger partial charge is 0.492 e. The lowest BCUT2D eigenvalue weighted by Crippen LogP contribution is -2.28. The van der Waals surface area contributed by atoms with E-state index >= 15 is 0 Å². The Morgan fingerprint density at radius 3 is 1.82 bits per heavy atom. The highest BCUT2D eigenvalue weighted by atomic mass is 16.5. The van der Waals surface area contributed by atoms with Crippen molar-refractivity contribution in [3.8, 4) is 5.75 Å². The van der Waals surface area contributed by atoms with Gasteiger partial charge in [-0.15, -0.1) is 0 Å². The number of nitrogens with zero attached hydrogens (tertiary/aromatic N) is 1. The highest BCUT2D eigenvalue weighted by molar-refractivity contribution is 5.39. The maximum atomic E-state index is 11.9. The molecule has 0 radical (unpaired) electrons. The summed E-state index contributed by atoms with van der Waals surface area (Å²) in [5, 5.41) is 11.9. The molecule has 1 unspecified atom stereocenters. The molecule has 0 aromatic heterocycles. The Morgan fingerprint density at radius 2 is 1.27 bits per heavy atom. The second-order valence-corrected chi connectivity index (χ2v) is 8.97. The molecule has 0 spiro atoms. The van der Waals surface area contributed by atoms with Crippen molar-refractivity contribution < 1.29 is 9.84 Å². The molecule has 3 nitrogen and oxygen atoms in total. The summed E-state index contributed by atoms with van der Waals surface area (Å²) in [4.78, 5) is 2.35. The lowest BCUT2D eigenvalue weighted by molar-refractivity contribution is 0.0687. The van der Waals surface area contributed by atoms with Crippen LogP contribution in [0.1, 0.15) is 54.5 Å². The first-order chi connectivity index (χ1) is 15.9. The smallest absolute Gasteiger partial charge is 0.119 e. The molecule has 0 heterocycles. The minimum atomic E-state index is -1.03. The van der Waals surface area contributed by atoms with Crippen molar-refractivity contribution >= 4 is 0 Å². The second-order valence-electron chi connectivity index (χ2n) is 8.97. The van der Waals surface area contributed by atoms with E-state index in [1.54, 1.807) is 0 Å². The SMILES string of the molecule is CCN(CC)CCOc1ccc(C(O)(CCCc2ccc(C)cc2)c2ccc(C)cc2)cc1. The molecule has 1 atom stereocenters. The topological polar surface area (TPSA) is 32.7 Å². The van der Waals surface area contributed by atoms with E-state index in [0.717, 1.165) is 49.4 Å². The van der Waals surface area contributed by atoms with Crippen molar-refractivity contribution in [3.63, 3.8) is 0 Å². The first kappa shape index (κ1) is 25.0. The molecule has 0 aliphatic carbocycles. The van der Waals surface area contributed by atoms with Crippen LogP contribution < -0.4 is 4.74 Å². The molecule has 0 aliphatic heterocycles. The van der Waals surface area contributed by atoms with Crippen LogP contribution in [0.3, 0.4) is 0 Å². The zero-order chi connectivity index (χ0) is 23.7. The van der Waals surface area contributed by atoms with E-state index in [4.69, 9.17) is 4.74 Å². The molecule has 3 rings (SSSR count). The van der Waals surface area contributed by atoms with E-state index in [1.165, 1.54) is 16.7 Å². The quantitative estimate of drug-likeness (QED) is 0.356. The normalized spacial score (nSPS) is 13.2. The van der Waals surface area contributed by atoms with Crippen molar-refractivity contribution in [1.29, 1.82) is 0 Å². The molecular weight excluding hydrogens is 406 g/mol. The molecule has 3 heteroatoms. The lowest BCUT2D eigenvalue weighted by atomic mass is 9.81. The third-order valence-corrected chi connectivity index (χ3v) is 6.56. The first-order valence-corrected chi connectivity index (χ1v) is 12.3. The summed E-state index contributed by atoms with van der Waals surface area (Å²) in [5.74, 6) is 0.844. The highest BCUT2D eigenvalue weighted by Gasteiger charge is 2.31. The lowest BCUT2D eigenvalue weighted by Gasteiger charge is -2.30. The van der Waals surface area contributed by atoms with Crippen LogP contribution in [0.4, 0.5) is 0 Å². The number of likely N-dealkylation sites (N-methyl/N-ethyl adjacent to an activating group) is 1. The summed E-state index contributed by atoms with van der Waals surface area (Å²) in [6, 6.07) is 24.9. The molecule has 0 bridgehead atoms. The Bertz CT molecular complexity index is 960. The summed E-state index contributed by atoms with van der Waals surface area (Å²) >= 11 is 0. The van der Waals surface area contributed by atoms with Gasteiger partial charge in [-0.05, 0) is 75.0 Å². The predicted molar refractivity (Wildman–Crippen MR) is 138 cm³/mol. The first-order valence-electron chi connectivity index (χ1n) is 12.3. The van der Waals surface area contributed by atoms with Gasteiger partial charge in [0.25, 0.3) is 0 Å². The highest BCUT2D eigenvalue weighted by Crippen LogP contribution is 2.35. The van der Waals surface area contributed by atoms with Crippen LogP contribution in [0.15, 0.2) is 72.8 Å². The van der Waals surface area contributed by atoms with E-state index in [2.05, 4.69) is 81.1 Å². The van der Waals surface area contributed by atoms with Crippen LogP contribution in [0, 0.1) is 13.8 Å². The number of hydrogen-bond donors (Lipinski definition) is 1. The van der Waals surface area contributed by atoms with Gasteiger partial charge in [-0.2, -0.15) is 0 Å². The second kappa shape index (κ2) is 12.0. The van der Waals surface area contributed by atoms with Gasteiger partial charge in [0.15, 0.2) is 0 Å². The molecule has 176 valence electrons. The van der Waals surface area contributed by atoms with Crippen LogP contribution in [0.5, 0.6) is 5.75 Å². The molecule has 1 N–H and O–H groups in total. The maximum absolute atomic E-state index is 11.9. The monoisotopic (exact) mass is 445 g/mol. The van der Waals surface area contributed by atoms with Crippen molar-refractivity contribution in [1.82, 2.24) is 4.90 Å². The van der Waals surface area contributed by atoms with Crippen molar-refractivity contribution in [2.75, 3.05) is 26.2 Å². The van der Waals surface area contributed by atoms with E-state index in [0.29, 0.717) is 13.0 Å². The number of aliphatic hydroxyl groups is 1. The summed E-state index contributed by atoms with van der Waals surface area (Å²) in [6.45, 7) is 12.2. The Kier molecular flexibility index (Phi) is 9.11. The fourth-order valence-electron chi connectivity index (χ4n) is 4.25. The third kappa shape index (κ3) is 6.93. The number of hydrogen-bond acceptors (Lipinski definition) is 3. The van der Waals surface area contributed by atoms with Gasteiger partial charge in [-0.1, -0.05) is 85.6 Å². The van der Waals surface area contributed by atoms with Gasteiger partial charge in [0.05, 0.1) is 0 Å². The summed E-state index contributed by atoms with van der Waals surface area (Å²) < 4.78 is 5.95. The molecular formula is C30H39NO2. The van der Waals surface area contributed by atoms with Crippen LogP contribution in [-0.2, 0) is 12.0 Å². The van der Waals surface area contributed by atoms with Gasteiger partial charge >= 0.3 is 0 Å². The Labute approximate surface area is 200 Å². The average Bonchev–Trinajstić information content (AvgIpc) is 2.84. The maximum Gasteiger partial charge on any atom is 0.119 e. The molecule has 0 aliphatic rings. The zero-order valence-corrected chi connectivity index (χ0v) is 20.7. The van der Waals surface area contributed by atoms with Crippen LogP contribution in [0.2, 0.25) is 0 Å². The van der Waals surface area contributed by atoms with Gasteiger partial charge < -0.3 is 14.7 Å². The van der Waals surface area contributed by atoms with Gasteiger partial charge in [0.2, 0.25) is 0 Å². The van der Waals surface area contributed by atoms with Crippen LogP contribution in [0.25, 0.3) is 0 Å². The van der Waals surface area contributed by atoms with Gasteiger partial charge in [0.1, 0.15) is 18.0 Å². The van der Waals surface area contributed by atoms with E-state index in [9.17, 15) is 5.11 Å². The third-order valence-electron chi connectivity index (χ3n) is 6.56. The Morgan fingerprint density at radius 1 is 0.758 bits per heavy atom. The van der Waals surface area contributed by atoms with Gasteiger partial charge in [-0.3, -0.25) is 0 Å². The van der Waals surface area contributed by atoms with Crippen LogP contribution >= 0.6 is 0 Å². The zero-order valence-electron chi connectivity index (χ0n) is 20.7. The molecule has 0 saturated heterocycles. The van der Waals surface area contributed by atoms with Gasteiger partial charge in [-0.25, -0.2) is 0 Å². The standard InChI is InChI=1S/C30H39NO2/c1-5-31(6-2)22-23-33-29-19-17-28(18-20-29)30(32,27-15-11-25(4)12-16-27)21-7-8-26-13-9-24(3)10-14-26/h9-20,32H,5-8,21-23H2,1-4H3. The van der Waals surface area contributed by atoms with Crippen molar-refractivity contribution in [3.05, 3.63) is 101 Å². The fraction of sp³-hybridized carbons (Fsp3) is 0.400. The number of ether oxygens (including phenoxy) is 1. The minimum Gasteiger partial charge on any atom is -0.492 e. The predicted octanol–water partition coefficient (Wildman–Crippen LogP) is 6.28. The van der Waals surface area contributed by atoms with E-state index in [-0.39, 0.29) is 0 Å². The summed E-state index contributed by atoms with van der Waals surface area (Å²) in [5.41, 5.74) is 4.59. The van der Waals surface area contributed by atoms with E-state index in [1.807, 2.05) is 24.3 Å². The fourth-order valence-corrected chi connectivity index (χ4v) is 4.25. The van der Waals surface area contributed by atoms with Crippen molar-refractivity contribution in [2.24, 2.45) is 0 Å². The van der Waals surface area contributed by atoms with Crippen LogP contribution in [-0.4, -0.2) is 36.2 Å². The Balaban J connectivity index is 1.73. The molecule has 3 aromatic rings. The molecule has 33 heavy (non-hydrogen) atoms. The Hall–Kier alpha value is -2.62. The summed E-state index contributed by atoms with van der Waals surface area (Å²) in [7, 11) is 0. The van der Waals surface area contributed by atoms with E-state index < -0.39 is 5.60 Å². The molecule has 3 aromatic carbocycles. The molecule has 0 saturated carbocycles. The van der Waals surface area contributed by atoms with Crippen molar-refractivity contribution in [2.45, 2.75) is 52.6 Å². The summed E-state index contributed by atoms with van der Waals surface area (Å²) in [6.07, 6.45) is 2.50. The number of benzene rings is 3. The minimum absolute atomic E-state index is 0.659.